The summed E-state index contributed by atoms with van der Waals surface area (Å²) in [5, 5.41) is 12.8. The van der Waals surface area contributed by atoms with E-state index in [1.165, 1.54) is 6.33 Å². The van der Waals surface area contributed by atoms with E-state index in [4.69, 9.17) is 5.11 Å². The summed E-state index contributed by atoms with van der Waals surface area (Å²) in [6.45, 7) is -0.0682. The summed E-state index contributed by atoms with van der Waals surface area (Å²) < 4.78 is 3.21. The van der Waals surface area contributed by atoms with Crippen molar-refractivity contribution < 1.29 is 14.5 Å². The van der Waals surface area contributed by atoms with Gasteiger partial charge in [-0.2, -0.15) is 14.2 Å². The van der Waals surface area contributed by atoms with Gasteiger partial charge in [-0.15, -0.1) is 0 Å². The van der Waals surface area contributed by atoms with Crippen LogP contribution in [0, 0.1) is 0 Å². The van der Waals surface area contributed by atoms with Crippen molar-refractivity contribution in [2.75, 3.05) is 0 Å². The second-order valence-corrected chi connectivity index (χ2v) is 3.95. The fourth-order valence-corrected chi connectivity index (χ4v) is 1.82. The van der Waals surface area contributed by atoms with E-state index in [0.717, 1.165) is 5.56 Å². The van der Waals surface area contributed by atoms with Crippen molar-refractivity contribution in [3.63, 3.8) is 0 Å². The molecule has 1 N–H and O–H groups in total. The molecule has 0 bridgehead atoms. The van der Waals surface area contributed by atoms with Crippen molar-refractivity contribution in [2.45, 2.75) is 6.54 Å². The smallest absolute Gasteiger partial charge is 0.370 e. The van der Waals surface area contributed by atoms with E-state index in [-0.39, 0.29) is 6.54 Å². The number of rotatable bonds is 3. The van der Waals surface area contributed by atoms with Gasteiger partial charge in [0.25, 0.3) is 0 Å². The molecule has 0 saturated heterocycles. The Morgan fingerprint density at radius 1 is 1.26 bits per heavy atom. The molecule has 3 aromatic heterocycles. The summed E-state index contributed by atoms with van der Waals surface area (Å²) in [5.41, 5.74) is 1.56. The van der Waals surface area contributed by atoms with E-state index in [0.29, 0.717) is 11.5 Å². The Balaban J connectivity index is 2.02. The van der Waals surface area contributed by atoms with Gasteiger partial charge < -0.3 is 5.11 Å². The van der Waals surface area contributed by atoms with Crippen LogP contribution in [-0.4, -0.2) is 30.7 Å². The molecule has 19 heavy (non-hydrogen) atoms. The lowest BCUT2D eigenvalue weighted by atomic mass is 10.2. The number of nitrogens with zero attached hydrogens (tertiary/aromatic N) is 5. The molecule has 7 heteroatoms. The van der Waals surface area contributed by atoms with Crippen molar-refractivity contribution in [1.82, 2.24) is 19.6 Å². The Kier molecular flexibility index (Phi) is 2.64. The number of carboxylic acids is 1. The van der Waals surface area contributed by atoms with E-state index in [1.807, 2.05) is 0 Å². The van der Waals surface area contributed by atoms with Crippen LogP contribution in [-0.2, 0) is 11.3 Å². The Morgan fingerprint density at radius 2 is 2.05 bits per heavy atom. The third-order valence-corrected chi connectivity index (χ3v) is 2.66. The summed E-state index contributed by atoms with van der Waals surface area (Å²) in [6, 6.07) is 5.36. The lowest BCUT2D eigenvalue weighted by molar-refractivity contribution is -0.685. The molecule has 3 heterocycles. The number of pyridine rings is 1. The number of carboxylic acid groups (broad SMARTS) is 1. The molecule has 0 aliphatic heterocycles. The Bertz CT molecular complexity index is 735. The predicted molar refractivity (Wildman–Crippen MR) is 64.0 cm³/mol. The summed E-state index contributed by atoms with van der Waals surface area (Å²) in [5.74, 6) is -0.216. The molecule has 0 aliphatic carbocycles. The zero-order chi connectivity index (χ0) is 13.2. The van der Waals surface area contributed by atoms with Gasteiger partial charge in [-0.1, -0.05) is 0 Å². The van der Waals surface area contributed by atoms with Crippen LogP contribution in [0.1, 0.15) is 0 Å². The van der Waals surface area contributed by atoms with Gasteiger partial charge >= 0.3 is 5.97 Å². The van der Waals surface area contributed by atoms with Crippen LogP contribution < -0.4 is 4.57 Å². The highest BCUT2D eigenvalue weighted by atomic mass is 16.4. The second-order valence-electron chi connectivity index (χ2n) is 3.95. The molecule has 0 fully saturated rings. The van der Waals surface area contributed by atoms with E-state index in [1.54, 1.807) is 45.9 Å². The lowest BCUT2D eigenvalue weighted by Crippen LogP contribution is -2.36. The molecule has 0 aromatic carbocycles. The highest BCUT2D eigenvalue weighted by Gasteiger charge is 2.10. The van der Waals surface area contributed by atoms with Crippen molar-refractivity contribution >= 4 is 11.6 Å². The first-order valence-corrected chi connectivity index (χ1v) is 5.60. The predicted octanol–water partition coefficient (Wildman–Crippen LogP) is 0.163. The monoisotopic (exact) mass is 256 g/mol. The highest BCUT2D eigenvalue weighted by Crippen LogP contribution is 2.14. The maximum atomic E-state index is 10.6. The molecular weight excluding hydrogens is 246 g/mol. The minimum atomic E-state index is -0.880. The van der Waals surface area contributed by atoms with Gasteiger partial charge in [-0.3, -0.25) is 0 Å². The summed E-state index contributed by atoms with van der Waals surface area (Å²) in [6.07, 6.45) is 6.52. The zero-order valence-electron chi connectivity index (χ0n) is 9.84. The number of fused-ring (bicyclic) bond motifs is 1. The van der Waals surface area contributed by atoms with Crippen LogP contribution >= 0.6 is 0 Å². The van der Waals surface area contributed by atoms with Crippen molar-refractivity contribution in [3.05, 3.63) is 43.1 Å². The minimum Gasteiger partial charge on any atom is -0.477 e. The highest BCUT2D eigenvalue weighted by molar-refractivity contribution is 5.64. The quantitative estimate of drug-likeness (QED) is 0.675. The van der Waals surface area contributed by atoms with Gasteiger partial charge in [0.15, 0.2) is 23.9 Å². The topological polar surface area (TPSA) is 84.3 Å². The van der Waals surface area contributed by atoms with Crippen molar-refractivity contribution in [1.29, 1.82) is 0 Å². The number of carbonyl (C=O) groups is 1. The Labute approximate surface area is 107 Å². The average molecular weight is 256 g/mol. The Morgan fingerprint density at radius 3 is 2.79 bits per heavy atom. The first-order chi connectivity index (χ1) is 9.24. The minimum absolute atomic E-state index is 0.0682. The number of hydrogen-bond acceptors (Lipinski definition) is 4. The summed E-state index contributed by atoms with van der Waals surface area (Å²) in [4.78, 5) is 19.0. The fourth-order valence-electron chi connectivity index (χ4n) is 1.82. The molecular formula is C12H10N5O2+. The fraction of sp³-hybridized carbons (Fsp3) is 0.0833. The number of aromatic nitrogens is 5. The number of hydrogen-bond donors (Lipinski definition) is 1. The average Bonchev–Trinajstić information content (AvgIpc) is 2.87. The summed E-state index contributed by atoms with van der Waals surface area (Å²) in [7, 11) is 0. The molecule has 3 aromatic rings. The SMILES string of the molecule is O=C(O)C[n+]1ccc(-c2nccc3ncnn23)cc1. The van der Waals surface area contributed by atoms with Crippen molar-refractivity contribution in [2.24, 2.45) is 0 Å². The maximum Gasteiger partial charge on any atom is 0.370 e. The molecule has 94 valence electrons. The first kappa shape index (κ1) is 11.3. The Hall–Kier alpha value is -2.83. The van der Waals surface area contributed by atoms with Gasteiger partial charge in [-0.05, 0) is 0 Å². The molecule has 0 atom stereocenters. The lowest BCUT2D eigenvalue weighted by Gasteiger charge is -2.01. The third-order valence-electron chi connectivity index (χ3n) is 2.66. The van der Waals surface area contributed by atoms with E-state index in [2.05, 4.69) is 15.1 Å². The van der Waals surface area contributed by atoms with Crippen molar-refractivity contribution in [3.8, 4) is 11.4 Å². The molecule has 0 saturated carbocycles. The van der Waals surface area contributed by atoms with Crippen LogP contribution in [0.25, 0.3) is 17.0 Å². The molecule has 0 spiro atoms. The van der Waals surface area contributed by atoms with E-state index in [9.17, 15) is 4.79 Å². The van der Waals surface area contributed by atoms with E-state index >= 15 is 0 Å². The normalized spacial score (nSPS) is 10.7. The van der Waals surface area contributed by atoms with Gasteiger partial charge in [0.1, 0.15) is 6.33 Å². The summed E-state index contributed by atoms with van der Waals surface area (Å²) >= 11 is 0. The first-order valence-electron chi connectivity index (χ1n) is 5.60. The van der Waals surface area contributed by atoms with Crippen LogP contribution in [0.4, 0.5) is 0 Å². The van der Waals surface area contributed by atoms with Gasteiger partial charge in [0.05, 0.1) is 0 Å². The molecule has 7 nitrogen and oxygen atoms in total. The standard InChI is InChI=1S/C12H9N5O2/c18-11(19)7-16-5-2-9(3-6-16)12-13-4-1-10-14-8-15-17(10)12/h1-6,8H,7H2/p+1. The molecule has 0 amide bonds. The van der Waals surface area contributed by atoms with Gasteiger partial charge in [0.2, 0.25) is 6.54 Å². The third kappa shape index (κ3) is 2.13. The molecule has 0 unspecified atom stereocenters. The zero-order valence-corrected chi connectivity index (χ0v) is 9.84. The van der Waals surface area contributed by atoms with E-state index < -0.39 is 5.97 Å². The van der Waals surface area contributed by atoms with Crippen LogP contribution in [0.3, 0.4) is 0 Å². The van der Waals surface area contributed by atoms with Crippen LogP contribution in [0.15, 0.2) is 43.1 Å². The largest absolute Gasteiger partial charge is 0.477 e. The maximum absolute atomic E-state index is 10.6. The molecule has 0 radical (unpaired) electrons. The van der Waals surface area contributed by atoms with Gasteiger partial charge in [0, 0.05) is 30.0 Å². The molecule has 3 rings (SSSR count). The molecule has 0 aliphatic rings. The number of aliphatic carboxylic acids is 1. The van der Waals surface area contributed by atoms with Crippen LogP contribution in [0.2, 0.25) is 0 Å². The van der Waals surface area contributed by atoms with Crippen LogP contribution in [0.5, 0.6) is 0 Å². The second kappa shape index (κ2) is 4.45. The van der Waals surface area contributed by atoms with Gasteiger partial charge in [-0.25, -0.2) is 14.8 Å².